The van der Waals surface area contributed by atoms with E-state index in [4.69, 9.17) is 9.15 Å². The molecule has 0 aliphatic rings. The number of halogens is 1. The fraction of sp³-hybridized carbons (Fsp3) is 0.143. The SMILES string of the molecule is COC(=O)c1ccc(C(=O)c2ccc(OC)c(F)c2)o1. The molecule has 2 aromatic rings. The van der Waals surface area contributed by atoms with Crippen molar-refractivity contribution in [2.24, 2.45) is 0 Å². The van der Waals surface area contributed by atoms with E-state index in [1.54, 1.807) is 0 Å². The Bertz CT molecular complexity index is 659. The molecule has 0 unspecified atom stereocenters. The summed E-state index contributed by atoms with van der Waals surface area (Å²) in [5, 5.41) is 0. The van der Waals surface area contributed by atoms with Crippen molar-refractivity contribution in [2.45, 2.75) is 0 Å². The van der Waals surface area contributed by atoms with E-state index in [2.05, 4.69) is 4.74 Å². The Hall–Kier alpha value is -2.63. The minimum atomic E-state index is -0.690. The molecular weight excluding hydrogens is 267 g/mol. The van der Waals surface area contributed by atoms with E-state index in [-0.39, 0.29) is 22.8 Å². The first-order valence-corrected chi connectivity index (χ1v) is 5.63. The molecule has 0 saturated carbocycles. The number of ketones is 1. The van der Waals surface area contributed by atoms with Crippen LogP contribution in [0.5, 0.6) is 5.75 Å². The van der Waals surface area contributed by atoms with Gasteiger partial charge in [0.2, 0.25) is 11.5 Å². The molecule has 0 spiro atoms. The van der Waals surface area contributed by atoms with Crippen molar-refractivity contribution in [3.63, 3.8) is 0 Å². The van der Waals surface area contributed by atoms with Gasteiger partial charge in [-0.1, -0.05) is 0 Å². The van der Waals surface area contributed by atoms with E-state index in [1.807, 2.05) is 0 Å². The molecule has 0 fully saturated rings. The van der Waals surface area contributed by atoms with Crippen molar-refractivity contribution in [1.82, 2.24) is 0 Å². The molecule has 20 heavy (non-hydrogen) atoms. The van der Waals surface area contributed by atoms with Gasteiger partial charge >= 0.3 is 5.97 Å². The number of hydrogen-bond acceptors (Lipinski definition) is 5. The average molecular weight is 278 g/mol. The first-order chi connectivity index (χ1) is 9.56. The highest BCUT2D eigenvalue weighted by atomic mass is 19.1. The number of rotatable bonds is 4. The van der Waals surface area contributed by atoms with Crippen molar-refractivity contribution in [1.29, 1.82) is 0 Å². The maximum Gasteiger partial charge on any atom is 0.373 e. The number of carbonyl (C=O) groups excluding carboxylic acids is 2. The minimum absolute atomic E-state index is 0.0382. The zero-order valence-electron chi connectivity index (χ0n) is 10.8. The zero-order valence-corrected chi connectivity index (χ0v) is 10.8. The van der Waals surface area contributed by atoms with Crippen LogP contribution >= 0.6 is 0 Å². The van der Waals surface area contributed by atoms with Gasteiger partial charge in [0.15, 0.2) is 17.3 Å². The Kier molecular flexibility index (Phi) is 3.84. The van der Waals surface area contributed by atoms with Crippen LogP contribution in [0.1, 0.15) is 26.7 Å². The number of furan rings is 1. The van der Waals surface area contributed by atoms with Gasteiger partial charge in [-0.15, -0.1) is 0 Å². The Morgan fingerprint density at radius 3 is 2.40 bits per heavy atom. The van der Waals surface area contributed by atoms with Crippen molar-refractivity contribution < 1.29 is 27.9 Å². The fourth-order valence-corrected chi connectivity index (χ4v) is 1.62. The van der Waals surface area contributed by atoms with Gasteiger partial charge in [0, 0.05) is 5.56 Å². The molecule has 0 radical (unpaired) electrons. The summed E-state index contributed by atoms with van der Waals surface area (Å²) in [5.41, 5.74) is 0.0917. The summed E-state index contributed by atoms with van der Waals surface area (Å²) in [5.74, 6) is -2.01. The summed E-state index contributed by atoms with van der Waals surface area (Å²) in [6, 6.07) is 6.44. The number of ether oxygens (including phenoxy) is 2. The lowest BCUT2D eigenvalue weighted by atomic mass is 10.1. The first-order valence-electron chi connectivity index (χ1n) is 5.63. The molecular formula is C14H11FO5. The topological polar surface area (TPSA) is 65.7 Å². The zero-order chi connectivity index (χ0) is 14.7. The number of carbonyl (C=O) groups is 2. The van der Waals surface area contributed by atoms with E-state index in [9.17, 15) is 14.0 Å². The van der Waals surface area contributed by atoms with E-state index in [0.29, 0.717) is 0 Å². The lowest BCUT2D eigenvalue weighted by Crippen LogP contribution is -2.02. The van der Waals surface area contributed by atoms with Crippen LogP contribution in [-0.2, 0) is 4.74 Å². The highest BCUT2D eigenvalue weighted by molar-refractivity contribution is 6.07. The van der Waals surface area contributed by atoms with Gasteiger partial charge < -0.3 is 13.9 Å². The van der Waals surface area contributed by atoms with Crippen LogP contribution in [0, 0.1) is 5.82 Å². The molecule has 0 amide bonds. The van der Waals surface area contributed by atoms with E-state index >= 15 is 0 Å². The van der Waals surface area contributed by atoms with Crippen LogP contribution in [0.4, 0.5) is 4.39 Å². The second kappa shape index (κ2) is 5.56. The van der Waals surface area contributed by atoms with Crippen molar-refractivity contribution in [3.05, 3.63) is 53.2 Å². The lowest BCUT2D eigenvalue weighted by molar-refractivity contribution is 0.0563. The quantitative estimate of drug-likeness (QED) is 0.635. The smallest absolute Gasteiger partial charge is 0.373 e. The molecule has 104 valence electrons. The van der Waals surface area contributed by atoms with E-state index < -0.39 is 17.6 Å². The third-order valence-electron chi connectivity index (χ3n) is 2.63. The summed E-state index contributed by atoms with van der Waals surface area (Å²) in [4.78, 5) is 23.3. The normalized spacial score (nSPS) is 10.2. The Morgan fingerprint density at radius 2 is 1.80 bits per heavy atom. The molecule has 5 nitrogen and oxygen atoms in total. The van der Waals surface area contributed by atoms with Crippen LogP contribution < -0.4 is 4.74 Å². The van der Waals surface area contributed by atoms with Crippen LogP contribution in [0.25, 0.3) is 0 Å². The Balaban J connectivity index is 2.29. The first kappa shape index (κ1) is 13.8. The van der Waals surface area contributed by atoms with Crippen molar-refractivity contribution in [3.8, 4) is 5.75 Å². The van der Waals surface area contributed by atoms with Gasteiger partial charge in [-0.25, -0.2) is 9.18 Å². The average Bonchev–Trinajstić information content (AvgIpc) is 2.95. The van der Waals surface area contributed by atoms with Gasteiger partial charge in [-0.2, -0.15) is 0 Å². The fourth-order valence-electron chi connectivity index (χ4n) is 1.62. The number of esters is 1. The maximum atomic E-state index is 13.5. The molecule has 0 atom stereocenters. The third kappa shape index (κ3) is 2.54. The largest absolute Gasteiger partial charge is 0.494 e. The Morgan fingerprint density at radius 1 is 1.10 bits per heavy atom. The number of hydrogen-bond donors (Lipinski definition) is 0. The monoisotopic (exact) mass is 278 g/mol. The molecule has 0 aliphatic heterocycles. The lowest BCUT2D eigenvalue weighted by Gasteiger charge is -2.03. The number of methoxy groups -OCH3 is 2. The summed E-state index contributed by atoms with van der Waals surface area (Å²) in [7, 11) is 2.53. The standard InChI is InChI=1S/C14H11FO5/c1-18-10-4-3-8(7-9(10)15)13(16)11-5-6-12(20-11)14(17)19-2/h3-7H,1-2H3. The predicted octanol–water partition coefficient (Wildman–Crippen LogP) is 2.44. The van der Waals surface area contributed by atoms with Crippen molar-refractivity contribution >= 4 is 11.8 Å². The van der Waals surface area contributed by atoms with Crippen LogP contribution in [0.15, 0.2) is 34.7 Å². The van der Waals surface area contributed by atoms with Gasteiger partial charge in [0.25, 0.3) is 0 Å². The molecule has 0 aliphatic carbocycles. The predicted molar refractivity (Wildman–Crippen MR) is 66.4 cm³/mol. The summed E-state index contributed by atoms with van der Waals surface area (Å²) in [6.45, 7) is 0. The summed E-state index contributed by atoms with van der Waals surface area (Å²) < 4.78 is 27.8. The van der Waals surface area contributed by atoms with Crippen LogP contribution in [-0.4, -0.2) is 26.0 Å². The molecule has 0 N–H and O–H groups in total. The van der Waals surface area contributed by atoms with E-state index in [1.165, 1.54) is 38.5 Å². The molecule has 0 saturated heterocycles. The van der Waals surface area contributed by atoms with E-state index in [0.717, 1.165) is 6.07 Å². The second-order valence-corrected chi connectivity index (χ2v) is 3.83. The number of benzene rings is 1. The minimum Gasteiger partial charge on any atom is -0.494 e. The van der Waals surface area contributed by atoms with Gasteiger partial charge in [0.05, 0.1) is 14.2 Å². The highest BCUT2D eigenvalue weighted by Gasteiger charge is 2.18. The molecule has 1 heterocycles. The van der Waals surface area contributed by atoms with Crippen LogP contribution in [0.3, 0.4) is 0 Å². The van der Waals surface area contributed by atoms with Gasteiger partial charge in [0.1, 0.15) is 0 Å². The molecule has 2 rings (SSSR count). The second-order valence-electron chi connectivity index (χ2n) is 3.83. The van der Waals surface area contributed by atoms with Crippen molar-refractivity contribution in [2.75, 3.05) is 14.2 Å². The third-order valence-corrected chi connectivity index (χ3v) is 2.63. The summed E-state index contributed by atoms with van der Waals surface area (Å²) >= 11 is 0. The van der Waals surface area contributed by atoms with Crippen LogP contribution in [0.2, 0.25) is 0 Å². The summed E-state index contributed by atoms with van der Waals surface area (Å²) in [6.07, 6.45) is 0. The highest BCUT2D eigenvalue weighted by Crippen LogP contribution is 2.20. The molecule has 1 aromatic heterocycles. The van der Waals surface area contributed by atoms with Gasteiger partial charge in [-0.3, -0.25) is 4.79 Å². The molecule has 6 heteroatoms. The van der Waals surface area contributed by atoms with Gasteiger partial charge in [-0.05, 0) is 30.3 Å². The maximum absolute atomic E-state index is 13.5. The molecule has 1 aromatic carbocycles. The molecule has 0 bridgehead atoms. The Labute approximate surface area is 113 Å².